The van der Waals surface area contributed by atoms with Crippen molar-refractivity contribution in [2.75, 3.05) is 0 Å². The number of hydrogen-bond donors (Lipinski definition) is 1. The lowest BCUT2D eigenvalue weighted by Crippen LogP contribution is -2.28. The van der Waals surface area contributed by atoms with Crippen LogP contribution in [-0.4, -0.2) is 18.0 Å². The third kappa shape index (κ3) is 5.28. The van der Waals surface area contributed by atoms with Crippen LogP contribution in [0.3, 0.4) is 0 Å². The zero-order chi connectivity index (χ0) is 18.9. The molecular weight excluding hydrogens is 467 g/mol. The third-order valence-electron chi connectivity index (χ3n) is 4.18. The van der Waals surface area contributed by atoms with Gasteiger partial charge in [0.15, 0.2) is 0 Å². The number of halogens is 1. The summed E-state index contributed by atoms with van der Waals surface area (Å²) in [5.41, 5.74) is 3.83. The summed E-state index contributed by atoms with van der Waals surface area (Å²) in [6.45, 7) is 0. The summed E-state index contributed by atoms with van der Waals surface area (Å²) in [6, 6.07) is 29.1. The summed E-state index contributed by atoms with van der Waals surface area (Å²) in [4.78, 5) is 16.9. The zero-order valence-corrected chi connectivity index (χ0v) is 17.5. The van der Waals surface area contributed by atoms with E-state index < -0.39 is 6.04 Å². The van der Waals surface area contributed by atoms with Crippen LogP contribution in [0.2, 0.25) is 0 Å². The molecule has 0 saturated carbocycles. The maximum absolute atomic E-state index is 12.0. The molecule has 27 heavy (non-hydrogen) atoms. The molecule has 0 radical (unpaired) electrons. The van der Waals surface area contributed by atoms with E-state index in [0.717, 1.165) is 28.7 Å². The molecule has 3 rings (SSSR count). The summed E-state index contributed by atoms with van der Waals surface area (Å²) in [7, 11) is 1.46. The van der Waals surface area contributed by atoms with Gasteiger partial charge in [-0.05, 0) is 14.7 Å². The lowest BCUT2D eigenvalue weighted by molar-refractivity contribution is -0.109. The van der Waals surface area contributed by atoms with Crippen molar-refractivity contribution in [3.63, 3.8) is 0 Å². The number of benzene rings is 3. The number of rotatable bonds is 8. The number of aldehydes is 1. The van der Waals surface area contributed by atoms with Gasteiger partial charge in [-0.25, -0.2) is 4.72 Å². The van der Waals surface area contributed by atoms with E-state index in [1.165, 1.54) is 9.12 Å². The van der Waals surface area contributed by atoms with Crippen molar-refractivity contribution in [2.24, 2.45) is 4.99 Å². The Bertz CT molecular complexity index is 831. The molecule has 3 aromatic rings. The second-order valence-corrected chi connectivity index (χ2v) is 7.63. The smallest absolute Gasteiger partial charge is 0.146 e. The Hall–Kier alpha value is -1.96. The largest absolute Gasteiger partial charge is 0.301 e. The number of hydrogen-bond acceptors (Lipinski definition) is 4. The summed E-state index contributed by atoms with van der Waals surface area (Å²) >= 11 is 2.18. The Morgan fingerprint density at radius 2 is 1.33 bits per heavy atom. The molecule has 0 spiro atoms. The van der Waals surface area contributed by atoms with Crippen LogP contribution in [0.15, 0.2) is 96.0 Å². The Labute approximate surface area is 176 Å². The molecular formula is C22H19IN2OS. The van der Waals surface area contributed by atoms with E-state index in [4.69, 9.17) is 4.99 Å². The van der Waals surface area contributed by atoms with Gasteiger partial charge in [-0.1, -0.05) is 91.0 Å². The highest BCUT2D eigenvalue weighted by atomic mass is 127. The van der Waals surface area contributed by atoms with Gasteiger partial charge >= 0.3 is 0 Å². The standard InChI is InChI=1S/C22H19IN2OS/c23-27-25-22(19-14-8-3-9-15-19)20(16-26)24-21(17-10-4-1-5-11-17)18-12-6-2-7-13-18/h1-16,20,22,25H/t20-,22+/m1/s1. The average Bonchev–Trinajstić information content (AvgIpc) is 2.75. The van der Waals surface area contributed by atoms with Crippen molar-refractivity contribution < 1.29 is 4.79 Å². The van der Waals surface area contributed by atoms with Gasteiger partial charge in [0, 0.05) is 32.3 Å². The minimum Gasteiger partial charge on any atom is -0.301 e. The predicted molar refractivity (Wildman–Crippen MR) is 122 cm³/mol. The summed E-state index contributed by atoms with van der Waals surface area (Å²) in [5.74, 6) is 0. The minimum absolute atomic E-state index is 0.215. The van der Waals surface area contributed by atoms with Crippen molar-refractivity contribution in [3.8, 4) is 0 Å². The molecule has 0 aliphatic heterocycles. The fourth-order valence-electron chi connectivity index (χ4n) is 2.88. The molecule has 1 N–H and O–H groups in total. The van der Waals surface area contributed by atoms with Crippen LogP contribution in [0.25, 0.3) is 0 Å². The van der Waals surface area contributed by atoms with Crippen molar-refractivity contribution in [3.05, 3.63) is 108 Å². The maximum Gasteiger partial charge on any atom is 0.146 e. The topological polar surface area (TPSA) is 41.5 Å². The fourth-order valence-corrected chi connectivity index (χ4v) is 4.08. The van der Waals surface area contributed by atoms with Crippen LogP contribution in [-0.2, 0) is 4.79 Å². The van der Waals surface area contributed by atoms with Gasteiger partial charge in [-0.15, -0.1) is 0 Å². The van der Waals surface area contributed by atoms with Crippen LogP contribution in [0.1, 0.15) is 22.7 Å². The van der Waals surface area contributed by atoms with E-state index in [9.17, 15) is 4.79 Å². The van der Waals surface area contributed by atoms with Crippen molar-refractivity contribution in [2.45, 2.75) is 12.1 Å². The van der Waals surface area contributed by atoms with Crippen molar-refractivity contribution in [1.82, 2.24) is 4.72 Å². The second kappa shape index (κ2) is 10.4. The Kier molecular flexibility index (Phi) is 7.62. The first kappa shape index (κ1) is 19.8. The molecule has 5 heteroatoms. The van der Waals surface area contributed by atoms with Crippen LogP contribution in [0.4, 0.5) is 0 Å². The first-order chi connectivity index (χ1) is 13.3. The third-order valence-corrected chi connectivity index (χ3v) is 5.29. The molecule has 0 saturated heterocycles. The summed E-state index contributed by atoms with van der Waals surface area (Å²) in [6.07, 6.45) is 0.920. The predicted octanol–water partition coefficient (Wildman–Crippen LogP) is 5.42. The van der Waals surface area contributed by atoms with Crippen LogP contribution >= 0.6 is 30.3 Å². The second-order valence-electron chi connectivity index (χ2n) is 5.92. The molecule has 3 nitrogen and oxygen atoms in total. The molecule has 0 amide bonds. The van der Waals surface area contributed by atoms with Crippen LogP contribution in [0, 0.1) is 0 Å². The summed E-state index contributed by atoms with van der Waals surface area (Å²) < 4.78 is 3.32. The average molecular weight is 486 g/mol. The van der Waals surface area contributed by atoms with Gasteiger partial charge in [0.05, 0.1) is 11.8 Å². The van der Waals surface area contributed by atoms with E-state index in [2.05, 4.69) is 25.9 Å². The van der Waals surface area contributed by atoms with Crippen LogP contribution in [0.5, 0.6) is 0 Å². The molecule has 3 aromatic carbocycles. The first-order valence-electron chi connectivity index (χ1n) is 8.55. The van der Waals surface area contributed by atoms with E-state index in [1.54, 1.807) is 0 Å². The highest BCUT2D eigenvalue weighted by Gasteiger charge is 2.23. The van der Waals surface area contributed by atoms with E-state index >= 15 is 0 Å². The molecule has 0 fully saturated rings. The Morgan fingerprint density at radius 1 is 0.852 bits per heavy atom. The van der Waals surface area contributed by atoms with Gasteiger partial charge in [-0.3, -0.25) is 4.99 Å². The molecule has 0 aromatic heterocycles. The molecule has 0 heterocycles. The van der Waals surface area contributed by atoms with Crippen LogP contribution < -0.4 is 4.72 Å². The summed E-state index contributed by atoms with van der Waals surface area (Å²) in [5, 5.41) is 0. The lowest BCUT2D eigenvalue weighted by atomic mass is 9.99. The van der Waals surface area contributed by atoms with E-state index in [1.807, 2.05) is 91.0 Å². The molecule has 0 aliphatic rings. The SMILES string of the molecule is O=C[C@@H](N=C(c1ccccc1)c1ccccc1)[C@@H](NSI)c1ccccc1. The van der Waals surface area contributed by atoms with Gasteiger partial charge < -0.3 is 4.79 Å². The molecule has 0 unspecified atom stereocenters. The number of aliphatic imine (C=N–C) groups is 1. The Morgan fingerprint density at radius 3 is 1.78 bits per heavy atom. The lowest BCUT2D eigenvalue weighted by Gasteiger charge is -2.22. The highest BCUT2D eigenvalue weighted by Crippen LogP contribution is 2.24. The molecule has 2 atom stereocenters. The van der Waals surface area contributed by atoms with E-state index in [-0.39, 0.29) is 6.04 Å². The van der Waals surface area contributed by atoms with Gasteiger partial charge in [-0.2, -0.15) is 0 Å². The van der Waals surface area contributed by atoms with Gasteiger partial charge in [0.2, 0.25) is 0 Å². The van der Waals surface area contributed by atoms with Crippen molar-refractivity contribution in [1.29, 1.82) is 0 Å². The molecule has 0 bridgehead atoms. The van der Waals surface area contributed by atoms with Crippen molar-refractivity contribution >= 4 is 42.3 Å². The molecule has 136 valence electrons. The molecule has 0 aliphatic carbocycles. The number of nitrogens with zero attached hydrogens (tertiary/aromatic N) is 1. The number of nitrogens with one attached hydrogen (secondary N) is 1. The minimum atomic E-state index is -0.551. The Balaban J connectivity index is 2.07. The fraction of sp³-hybridized carbons (Fsp3) is 0.0909. The quantitative estimate of drug-likeness (QED) is 0.200. The zero-order valence-electron chi connectivity index (χ0n) is 14.5. The number of carbonyl (C=O) groups is 1. The maximum atomic E-state index is 12.0. The highest BCUT2D eigenvalue weighted by molar-refractivity contribution is 14.2. The monoisotopic (exact) mass is 486 g/mol. The first-order valence-corrected chi connectivity index (χ1v) is 11.9. The van der Waals surface area contributed by atoms with E-state index in [0.29, 0.717) is 0 Å². The normalized spacial score (nSPS) is 12.8. The van der Waals surface area contributed by atoms with Gasteiger partial charge in [0.1, 0.15) is 12.3 Å². The number of carbonyl (C=O) groups excluding carboxylic acids is 1. The van der Waals surface area contributed by atoms with Gasteiger partial charge in [0.25, 0.3) is 0 Å².